The Morgan fingerprint density at radius 3 is 2.75 bits per heavy atom. The molecule has 1 atom stereocenters. The summed E-state index contributed by atoms with van der Waals surface area (Å²) in [4.78, 5) is 21.4. The molecule has 4 rings (SSSR count). The van der Waals surface area contributed by atoms with Crippen LogP contribution in [0.1, 0.15) is 43.9 Å². The van der Waals surface area contributed by atoms with Crippen LogP contribution >= 0.6 is 0 Å². The summed E-state index contributed by atoms with van der Waals surface area (Å²) in [5, 5.41) is 11.5. The minimum atomic E-state index is -0.272. The first kappa shape index (κ1) is 24.8. The van der Waals surface area contributed by atoms with Gasteiger partial charge in [-0.25, -0.2) is 9.97 Å². The maximum atomic E-state index is 12.4. The van der Waals surface area contributed by atoms with Crippen molar-refractivity contribution in [3.8, 4) is 46.1 Å². The molecule has 184 valence electrons. The number of nitrogens with one attached hydrogen (secondary N) is 1. The Morgan fingerprint density at radius 1 is 1.19 bits per heavy atom. The van der Waals surface area contributed by atoms with Crippen molar-refractivity contribution in [1.82, 2.24) is 30.0 Å². The molecule has 4 aromatic rings. The molecule has 3 N–H and O–H groups in total. The van der Waals surface area contributed by atoms with Gasteiger partial charge in [0.25, 0.3) is 11.4 Å². The van der Waals surface area contributed by atoms with E-state index in [0.29, 0.717) is 17.1 Å². The number of nitrogens with two attached hydrogens (primary N) is 1. The number of anilines is 1. The van der Waals surface area contributed by atoms with Gasteiger partial charge in [-0.2, -0.15) is 0 Å². The fourth-order valence-electron chi connectivity index (χ4n) is 3.77. The van der Waals surface area contributed by atoms with Gasteiger partial charge in [0.15, 0.2) is 11.5 Å². The van der Waals surface area contributed by atoms with Gasteiger partial charge >= 0.3 is 0 Å². The molecule has 0 fully saturated rings. The number of benzene rings is 1. The highest BCUT2D eigenvalue weighted by atomic mass is 16.4. The molecular weight excluding hydrogens is 454 g/mol. The van der Waals surface area contributed by atoms with E-state index < -0.39 is 0 Å². The molecule has 36 heavy (non-hydrogen) atoms. The quantitative estimate of drug-likeness (QED) is 0.378. The predicted molar refractivity (Wildman–Crippen MR) is 140 cm³/mol. The molecule has 1 aromatic carbocycles. The number of unbranched alkanes of at least 4 members (excludes halogenated alkanes) is 1. The van der Waals surface area contributed by atoms with Crippen molar-refractivity contribution in [1.29, 1.82) is 0 Å². The summed E-state index contributed by atoms with van der Waals surface area (Å²) in [5.74, 6) is 6.93. The highest BCUT2D eigenvalue weighted by Gasteiger charge is 2.18. The first-order chi connectivity index (χ1) is 17.4. The average Bonchev–Trinajstić information content (AvgIpc) is 3.35. The van der Waals surface area contributed by atoms with Crippen molar-refractivity contribution < 1.29 is 4.42 Å². The second-order valence-electron chi connectivity index (χ2n) is 8.49. The highest BCUT2D eigenvalue weighted by molar-refractivity contribution is 5.69. The Hall–Kier alpha value is -4.29. The normalized spacial score (nSPS) is 11.7. The Balaban J connectivity index is 1.67. The molecule has 1 unspecified atom stereocenters. The Kier molecular flexibility index (Phi) is 7.56. The minimum Gasteiger partial charge on any atom is -0.414 e. The average molecular weight is 484 g/mol. The van der Waals surface area contributed by atoms with Crippen molar-refractivity contribution in [2.45, 2.75) is 46.2 Å². The van der Waals surface area contributed by atoms with Crippen molar-refractivity contribution in [2.75, 3.05) is 12.8 Å². The molecule has 3 aromatic heterocycles. The Bertz CT molecular complexity index is 1490. The number of hydrogen-bond acceptors (Lipinski definition) is 8. The summed E-state index contributed by atoms with van der Waals surface area (Å²) in [7, 11) is 1.91. The lowest BCUT2D eigenvalue weighted by atomic mass is 10.1. The summed E-state index contributed by atoms with van der Waals surface area (Å²) < 4.78 is 7.53. The third-order valence-electron chi connectivity index (χ3n) is 5.67. The van der Waals surface area contributed by atoms with Crippen LogP contribution < -0.4 is 16.6 Å². The van der Waals surface area contributed by atoms with E-state index in [-0.39, 0.29) is 29.0 Å². The fourth-order valence-corrected chi connectivity index (χ4v) is 3.77. The SMILES string of the molecule is CCCC#CC(C)n1cc(-c2cnc(N)c(-c3nnc(-c4ccc(CNC)cc4C)o3)n2)ccc1=O. The van der Waals surface area contributed by atoms with Crippen LogP contribution in [0.25, 0.3) is 34.3 Å². The van der Waals surface area contributed by atoms with Crippen molar-refractivity contribution in [3.63, 3.8) is 0 Å². The lowest BCUT2D eigenvalue weighted by molar-refractivity contribution is 0.581. The zero-order chi connectivity index (χ0) is 25.7. The van der Waals surface area contributed by atoms with E-state index in [9.17, 15) is 4.79 Å². The molecule has 0 radical (unpaired) electrons. The first-order valence-electron chi connectivity index (χ1n) is 11.8. The van der Waals surface area contributed by atoms with Crippen LogP contribution in [0, 0.1) is 18.8 Å². The number of rotatable bonds is 7. The van der Waals surface area contributed by atoms with Crippen LogP contribution in [0.5, 0.6) is 0 Å². The van der Waals surface area contributed by atoms with Gasteiger partial charge in [-0.15, -0.1) is 16.1 Å². The molecule has 0 amide bonds. The molecule has 3 heterocycles. The monoisotopic (exact) mass is 483 g/mol. The van der Waals surface area contributed by atoms with Crippen LogP contribution in [0.3, 0.4) is 0 Å². The maximum absolute atomic E-state index is 12.4. The molecule has 9 heteroatoms. The highest BCUT2D eigenvalue weighted by Crippen LogP contribution is 2.29. The van der Waals surface area contributed by atoms with Crippen LogP contribution in [-0.2, 0) is 6.54 Å². The van der Waals surface area contributed by atoms with E-state index in [4.69, 9.17) is 10.2 Å². The summed E-state index contributed by atoms with van der Waals surface area (Å²) >= 11 is 0. The zero-order valence-electron chi connectivity index (χ0n) is 20.9. The topological polar surface area (TPSA) is 125 Å². The van der Waals surface area contributed by atoms with E-state index >= 15 is 0 Å². The first-order valence-corrected chi connectivity index (χ1v) is 11.8. The van der Waals surface area contributed by atoms with Crippen molar-refractivity contribution in [2.24, 2.45) is 0 Å². The fraction of sp³-hybridized carbons (Fsp3) is 0.296. The van der Waals surface area contributed by atoms with Crippen molar-refractivity contribution in [3.05, 3.63) is 64.2 Å². The standard InChI is InChI=1S/C27H29N7O2/c1-5-6-7-8-18(3)34-16-20(10-12-23(34)35)22-15-30-25(28)24(31-22)27-33-32-26(36-27)21-11-9-19(14-29-4)13-17(21)2/h9-13,15-16,18,29H,5-6,14H2,1-4H3,(H2,28,30). The second kappa shape index (κ2) is 11.0. The van der Waals surface area contributed by atoms with Gasteiger partial charge in [0.1, 0.15) is 0 Å². The third-order valence-corrected chi connectivity index (χ3v) is 5.67. The van der Waals surface area contributed by atoms with E-state index in [1.165, 1.54) is 6.07 Å². The van der Waals surface area contributed by atoms with Gasteiger partial charge in [0, 0.05) is 36.4 Å². The molecular formula is C27H29N7O2. The van der Waals surface area contributed by atoms with E-state index in [0.717, 1.165) is 36.1 Å². The minimum absolute atomic E-state index is 0.140. The second-order valence-corrected chi connectivity index (χ2v) is 8.49. The lowest BCUT2D eigenvalue weighted by Gasteiger charge is -2.11. The number of nitrogen functional groups attached to an aromatic ring is 1. The summed E-state index contributed by atoms with van der Waals surface area (Å²) in [6.45, 7) is 6.72. The van der Waals surface area contributed by atoms with Crippen molar-refractivity contribution >= 4 is 5.82 Å². The number of nitrogens with zero attached hydrogens (tertiary/aromatic N) is 5. The van der Waals surface area contributed by atoms with Crippen LogP contribution in [0.2, 0.25) is 0 Å². The number of aryl methyl sites for hydroxylation is 1. The van der Waals surface area contributed by atoms with Gasteiger partial charge in [0.2, 0.25) is 5.89 Å². The van der Waals surface area contributed by atoms with Gasteiger partial charge in [-0.3, -0.25) is 4.79 Å². The van der Waals surface area contributed by atoms with Crippen LogP contribution in [0.4, 0.5) is 5.82 Å². The predicted octanol–water partition coefficient (Wildman–Crippen LogP) is 4.00. The smallest absolute Gasteiger partial charge is 0.270 e. The van der Waals surface area contributed by atoms with E-state index in [2.05, 4.69) is 50.3 Å². The Labute approximate surface area is 209 Å². The largest absolute Gasteiger partial charge is 0.414 e. The summed E-state index contributed by atoms with van der Waals surface area (Å²) in [5.41, 5.74) is 10.5. The molecule has 0 saturated carbocycles. The molecule has 0 saturated heterocycles. The molecule has 9 nitrogen and oxygen atoms in total. The van der Waals surface area contributed by atoms with Gasteiger partial charge in [0.05, 0.1) is 17.9 Å². The zero-order valence-corrected chi connectivity index (χ0v) is 20.9. The number of pyridine rings is 1. The van der Waals surface area contributed by atoms with Crippen LogP contribution in [0.15, 0.2) is 51.9 Å². The summed E-state index contributed by atoms with van der Waals surface area (Å²) in [6.07, 6.45) is 5.04. The molecule has 0 aliphatic rings. The Morgan fingerprint density at radius 2 is 2.00 bits per heavy atom. The van der Waals surface area contributed by atoms with E-state index in [1.54, 1.807) is 23.0 Å². The maximum Gasteiger partial charge on any atom is 0.270 e. The van der Waals surface area contributed by atoms with Crippen LogP contribution in [-0.4, -0.2) is 31.8 Å². The van der Waals surface area contributed by atoms with Gasteiger partial charge in [-0.1, -0.05) is 25.0 Å². The lowest BCUT2D eigenvalue weighted by Crippen LogP contribution is -2.21. The van der Waals surface area contributed by atoms with E-state index in [1.807, 2.05) is 33.0 Å². The summed E-state index contributed by atoms with van der Waals surface area (Å²) in [6, 6.07) is 8.97. The van der Waals surface area contributed by atoms with Gasteiger partial charge < -0.3 is 20.0 Å². The van der Waals surface area contributed by atoms with Gasteiger partial charge in [-0.05, 0) is 50.6 Å². The molecule has 0 aliphatic heterocycles. The third kappa shape index (κ3) is 5.34. The molecule has 0 bridgehead atoms. The molecule has 0 spiro atoms. The number of hydrogen-bond donors (Lipinski definition) is 2. The number of aromatic nitrogens is 5. The molecule has 0 aliphatic carbocycles.